The van der Waals surface area contributed by atoms with Gasteiger partial charge in [0.1, 0.15) is 25.3 Å². The molecule has 222 valence electrons. The van der Waals surface area contributed by atoms with Crippen molar-refractivity contribution in [1.29, 1.82) is 0 Å². The van der Waals surface area contributed by atoms with Crippen molar-refractivity contribution in [3.8, 4) is 0 Å². The number of hydrazine groups is 1. The molecule has 2 atom stereocenters. The molecule has 0 aliphatic carbocycles. The molecule has 0 saturated carbocycles. The number of hydrogen-bond acceptors (Lipinski definition) is 7. The van der Waals surface area contributed by atoms with Crippen LogP contribution in [-0.2, 0) is 35.1 Å². The van der Waals surface area contributed by atoms with E-state index >= 15 is 0 Å². The molecular weight excluding hydrogens is 536 g/mol. The van der Waals surface area contributed by atoms with Gasteiger partial charge >= 0.3 is 0 Å². The van der Waals surface area contributed by atoms with E-state index in [1.807, 2.05) is 64.1 Å². The molecule has 1 unspecified atom stereocenters. The fourth-order valence-corrected chi connectivity index (χ4v) is 5.17. The number of aliphatic imine (C=N–C) groups is 1. The third kappa shape index (κ3) is 6.44. The predicted molar refractivity (Wildman–Crippen MR) is 158 cm³/mol. The first-order valence-corrected chi connectivity index (χ1v) is 14.0. The van der Waals surface area contributed by atoms with Crippen LogP contribution in [0, 0.1) is 5.92 Å². The molecule has 10 nitrogen and oxygen atoms in total. The molecule has 0 bridgehead atoms. The van der Waals surface area contributed by atoms with E-state index in [1.165, 1.54) is 29.0 Å². The van der Waals surface area contributed by atoms with Gasteiger partial charge in [-0.3, -0.25) is 19.2 Å². The number of hydrogen-bond donors (Lipinski definition) is 0. The number of amides is 3. The van der Waals surface area contributed by atoms with E-state index in [9.17, 15) is 19.2 Å². The number of carbonyl (C=O) groups excluding carboxylic acids is 4. The van der Waals surface area contributed by atoms with E-state index in [1.54, 1.807) is 30.5 Å². The summed E-state index contributed by atoms with van der Waals surface area (Å²) in [5, 5.41) is 2.45. The van der Waals surface area contributed by atoms with Gasteiger partial charge in [-0.2, -0.15) is 0 Å². The van der Waals surface area contributed by atoms with Crippen molar-refractivity contribution in [2.75, 3.05) is 20.3 Å². The Labute approximate surface area is 246 Å². The minimum absolute atomic E-state index is 0.0841. The third-order valence-electron chi connectivity index (χ3n) is 7.09. The van der Waals surface area contributed by atoms with Gasteiger partial charge in [-0.1, -0.05) is 74.5 Å². The summed E-state index contributed by atoms with van der Waals surface area (Å²) in [4.78, 5) is 61.3. The van der Waals surface area contributed by atoms with Crippen LogP contribution in [0.3, 0.4) is 0 Å². The average Bonchev–Trinajstić information content (AvgIpc) is 3.32. The van der Waals surface area contributed by atoms with E-state index in [0.717, 1.165) is 5.56 Å². The van der Waals surface area contributed by atoms with Crippen molar-refractivity contribution in [1.82, 2.24) is 14.9 Å². The molecule has 2 heterocycles. The van der Waals surface area contributed by atoms with Gasteiger partial charge in [0.2, 0.25) is 11.7 Å². The SMILES string of the molecule is COCC(=O)N1C=C(c2ccccc2)N(N(C(C)=O)[C@@H](Cc2ccccc2)C(=O)C2=NC(C)(C)CO2)C(=O)C1C(C)C. The number of ketones is 1. The molecule has 4 rings (SSSR count). The Bertz CT molecular complexity index is 1390. The second kappa shape index (κ2) is 12.7. The van der Waals surface area contributed by atoms with Gasteiger partial charge in [0.25, 0.3) is 17.7 Å². The minimum atomic E-state index is -1.16. The molecule has 0 aromatic heterocycles. The predicted octanol–water partition coefficient (Wildman–Crippen LogP) is 3.48. The Kier molecular flexibility index (Phi) is 9.26. The number of carbonyl (C=O) groups is 4. The van der Waals surface area contributed by atoms with Crippen LogP contribution in [-0.4, -0.2) is 82.3 Å². The zero-order valence-corrected chi connectivity index (χ0v) is 24.9. The summed E-state index contributed by atoms with van der Waals surface area (Å²) < 4.78 is 10.8. The van der Waals surface area contributed by atoms with Crippen molar-refractivity contribution < 1.29 is 28.7 Å². The molecule has 2 aromatic rings. The van der Waals surface area contributed by atoms with Gasteiger partial charge in [-0.05, 0) is 25.3 Å². The minimum Gasteiger partial charge on any atom is -0.473 e. The Balaban J connectivity index is 1.92. The zero-order chi connectivity index (χ0) is 30.6. The molecule has 2 aromatic carbocycles. The fourth-order valence-electron chi connectivity index (χ4n) is 5.17. The largest absolute Gasteiger partial charge is 0.473 e. The topological polar surface area (TPSA) is 109 Å². The van der Waals surface area contributed by atoms with Crippen LogP contribution in [0.15, 0.2) is 71.9 Å². The highest BCUT2D eigenvalue weighted by Gasteiger charge is 2.47. The van der Waals surface area contributed by atoms with Crippen LogP contribution in [0.2, 0.25) is 0 Å². The molecule has 0 fully saturated rings. The van der Waals surface area contributed by atoms with Gasteiger partial charge in [-0.25, -0.2) is 15.0 Å². The number of ether oxygens (including phenoxy) is 2. The van der Waals surface area contributed by atoms with Crippen LogP contribution in [0.5, 0.6) is 0 Å². The molecule has 0 radical (unpaired) electrons. The number of Topliss-reactive ketones (excluding diaryl/α,β-unsaturated/α-hetero) is 1. The van der Waals surface area contributed by atoms with Crippen molar-refractivity contribution in [3.63, 3.8) is 0 Å². The van der Waals surface area contributed by atoms with E-state index < -0.39 is 41.1 Å². The van der Waals surface area contributed by atoms with Gasteiger partial charge in [0.15, 0.2) is 0 Å². The third-order valence-corrected chi connectivity index (χ3v) is 7.09. The van der Waals surface area contributed by atoms with E-state index in [-0.39, 0.29) is 37.1 Å². The van der Waals surface area contributed by atoms with Crippen LogP contribution in [0.1, 0.15) is 45.7 Å². The highest BCUT2D eigenvalue weighted by molar-refractivity contribution is 6.39. The smallest absolute Gasteiger partial charge is 0.269 e. The van der Waals surface area contributed by atoms with Crippen LogP contribution in [0.4, 0.5) is 0 Å². The Morgan fingerprint density at radius 3 is 2.21 bits per heavy atom. The highest BCUT2D eigenvalue weighted by Crippen LogP contribution is 2.33. The van der Waals surface area contributed by atoms with Crippen molar-refractivity contribution in [2.24, 2.45) is 10.9 Å². The number of rotatable bonds is 10. The first kappa shape index (κ1) is 30.6. The van der Waals surface area contributed by atoms with Crippen molar-refractivity contribution in [2.45, 2.75) is 58.7 Å². The standard InChI is InChI=1S/C32H38N4O6/c1-21(2)28-31(40)36(26(24-15-11-8-12-16-24)18-34(28)27(38)19-41-6)35(22(3)37)25(17-23-13-9-7-10-14-23)29(39)30-33-32(4,5)20-42-30/h7-16,18,21,25,28H,17,19-20H2,1-6H3/t25-,28?/m0/s1. The average molecular weight is 575 g/mol. The molecule has 2 aliphatic rings. The summed E-state index contributed by atoms with van der Waals surface area (Å²) in [6.45, 7) is 8.65. The lowest BCUT2D eigenvalue weighted by atomic mass is 9.97. The number of methoxy groups -OCH3 is 1. The summed E-state index contributed by atoms with van der Waals surface area (Å²) >= 11 is 0. The maximum absolute atomic E-state index is 14.5. The Morgan fingerprint density at radius 1 is 1.07 bits per heavy atom. The first-order chi connectivity index (χ1) is 19.9. The van der Waals surface area contributed by atoms with Gasteiger partial charge in [-0.15, -0.1) is 0 Å². The Morgan fingerprint density at radius 2 is 1.69 bits per heavy atom. The molecule has 10 heteroatoms. The molecule has 2 aliphatic heterocycles. The second-order valence-electron chi connectivity index (χ2n) is 11.4. The van der Waals surface area contributed by atoms with Gasteiger partial charge in [0.05, 0.1) is 11.2 Å². The first-order valence-electron chi connectivity index (χ1n) is 14.0. The molecule has 3 amide bonds. The molecule has 42 heavy (non-hydrogen) atoms. The quantitative estimate of drug-likeness (QED) is 0.430. The summed E-state index contributed by atoms with van der Waals surface area (Å²) in [5.74, 6) is -2.38. The lowest BCUT2D eigenvalue weighted by Gasteiger charge is -2.46. The van der Waals surface area contributed by atoms with Crippen molar-refractivity contribution in [3.05, 3.63) is 78.0 Å². The zero-order valence-electron chi connectivity index (χ0n) is 24.9. The van der Waals surface area contributed by atoms with E-state index in [4.69, 9.17) is 9.47 Å². The second-order valence-corrected chi connectivity index (χ2v) is 11.4. The maximum Gasteiger partial charge on any atom is 0.269 e. The van der Waals surface area contributed by atoms with Crippen LogP contribution >= 0.6 is 0 Å². The summed E-state index contributed by atoms with van der Waals surface area (Å²) in [5.41, 5.74) is 1.03. The Hall–Kier alpha value is -4.31. The molecule has 0 N–H and O–H groups in total. The summed E-state index contributed by atoms with van der Waals surface area (Å²) in [7, 11) is 1.41. The maximum atomic E-state index is 14.5. The number of nitrogens with zero attached hydrogens (tertiary/aromatic N) is 4. The molecule has 0 spiro atoms. The normalized spacial score (nSPS) is 18.7. The van der Waals surface area contributed by atoms with Gasteiger partial charge in [0, 0.05) is 32.2 Å². The van der Waals surface area contributed by atoms with E-state index in [2.05, 4.69) is 4.99 Å². The lowest BCUT2D eigenvalue weighted by Crippen LogP contribution is -2.64. The molecular formula is C32H38N4O6. The molecule has 0 saturated heterocycles. The summed E-state index contributed by atoms with van der Waals surface area (Å²) in [6.07, 6.45) is 1.67. The fraction of sp³-hybridized carbons (Fsp3) is 0.406. The van der Waals surface area contributed by atoms with E-state index in [0.29, 0.717) is 5.56 Å². The number of benzene rings is 2. The highest BCUT2D eigenvalue weighted by atomic mass is 16.5. The summed E-state index contributed by atoms with van der Waals surface area (Å²) in [6, 6.07) is 16.1. The van der Waals surface area contributed by atoms with Crippen LogP contribution in [0.25, 0.3) is 5.70 Å². The van der Waals surface area contributed by atoms with Crippen molar-refractivity contribution >= 4 is 35.1 Å². The lowest BCUT2D eigenvalue weighted by molar-refractivity contribution is -0.168. The van der Waals surface area contributed by atoms with Gasteiger partial charge < -0.3 is 14.4 Å². The monoisotopic (exact) mass is 574 g/mol. The van der Waals surface area contributed by atoms with Crippen LogP contribution < -0.4 is 0 Å².